The van der Waals surface area contributed by atoms with Gasteiger partial charge in [-0.05, 0) is 63.6 Å². The van der Waals surface area contributed by atoms with E-state index in [-0.39, 0.29) is 0 Å². The number of hydrogen-bond acceptors (Lipinski definition) is 2. The van der Waals surface area contributed by atoms with Crippen LogP contribution in [0.2, 0.25) is 0 Å². The van der Waals surface area contributed by atoms with E-state index in [4.69, 9.17) is 10.1 Å². The predicted molar refractivity (Wildman–Crippen MR) is 104 cm³/mol. The molecule has 0 aliphatic heterocycles. The number of unbranched alkanes of at least 4 members (excludes halogenated alkanes) is 1. The fraction of sp³-hybridized carbons (Fsp3) is 0.455. The smallest absolute Gasteiger partial charge is 0.164 e. The Labute approximate surface area is 151 Å². The fourth-order valence-electron chi connectivity index (χ4n) is 3.75. The van der Waals surface area contributed by atoms with Gasteiger partial charge in [0.15, 0.2) is 5.65 Å². The lowest BCUT2D eigenvalue weighted by molar-refractivity contribution is 0.758. The lowest BCUT2D eigenvalue weighted by Gasteiger charge is -2.12. The van der Waals surface area contributed by atoms with Gasteiger partial charge >= 0.3 is 0 Å². The molecule has 0 N–H and O–H groups in total. The van der Waals surface area contributed by atoms with Crippen LogP contribution in [-0.4, -0.2) is 14.6 Å². The molecule has 1 radical (unpaired) electrons. The summed E-state index contributed by atoms with van der Waals surface area (Å²) in [5.74, 6) is 0. The molecule has 0 amide bonds. The van der Waals surface area contributed by atoms with Gasteiger partial charge in [0.05, 0.1) is 17.5 Å². The van der Waals surface area contributed by atoms with Crippen molar-refractivity contribution in [3.05, 3.63) is 52.0 Å². The lowest BCUT2D eigenvalue weighted by atomic mass is 9.92. The van der Waals surface area contributed by atoms with Gasteiger partial charge in [-0.3, -0.25) is 0 Å². The number of fused-ring (bicyclic) bond motifs is 1. The summed E-state index contributed by atoms with van der Waals surface area (Å²) in [6.45, 7) is 13.0. The third-order valence-electron chi connectivity index (χ3n) is 4.93. The average Bonchev–Trinajstić information content (AvgIpc) is 2.88. The Balaban J connectivity index is 2.33. The number of aromatic nitrogens is 3. The van der Waals surface area contributed by atoms with Crippen molar-refractivity contribution in [3.8, 4) is 11.1 Å². The zero-order valence-corrected chi connectivity index (χ0v) is 16.3. The van der Waals surface area contributed by atoms with Gasteiger partial charge in [-0.1, -0.05) is 38.0 Å². The zero-order chi connectivity index (χ0) is 18.1. The number of rotatable bonds is 5. The molecule has 2 heterocycles. The van der Waals surface area contributed by atoms with E-state index in [1.165, 1.54) is 27.8 Å². The first kappa shape index (κ1) is 17.7. The summed E-state index contributed by atoms with van der Waals surface area (Å²) in [5.41, 5.74) is 10.7. The first-order valence-corrected chi connectivity index (χ1v) is 9.34. The maximum Gasteiger partial charge on any atom is 0.164 e. The topological polar surface area (TPSA) is 30.2 Å². The van der Waals surface area contributed by atoms with E-state index in [1.807, 2.05) is 4.52 Å². The highest BCUT2D eigenvalue weighted by Crippen LogP contribution is 2.34. The monoisotopic (exact) mass is 334 g/mol. The van der Waals surface area contributed by atoms with Crippen molar-refractivity contribution >= 4 is 5.65 Å². The largest absolute Gasteiger partial charge is 0.233 e. The Hall–Kier alpha value is -2.16. The summed E-state index contributed by atoms with van der Waals surface area (Å²) in [7, 11) is 0. The SMILES string of the molecule is CCCCc1nn2[c]c(CC)c(C)nc2c1-c1c(C)cc(C)cc1C. The Morgan fingerprint density at radius 2 is 1.68 bits per heavy atom. The van der Waals surface area contributed by atoms with Crippen molar-refractivity contribution in [2.45, 2.75) is 67.2 Å². The van der Waals surface area contributed by atoms with E-state index in [0.29, 0.717) is 0 Å². The van der Waals surface area contributed by atoms with Gasteiger partial charge in [-0.15, -0.1) is 0 Å². The summed E-state index contributed by atoms with van der Waals surface area (Å²) in [4.78, 5) is 4.93. The quantitative estimate of drug-likeness (QED) is 0.631. The normalized spacial score (nSPS) is 11.4. The summed E-state index contributed by atoms with van der Waals surface area (Å²) in [6, 6.07) is 4.51. The van der Waals surface area contributed by atoms with E-state index in [1.54, 1.807) is 0 Å². The molecule has 0 spiro atoms. The van der Waals surface area contributed by atoms with Crippen molar-refractivity contribution in [1.82, 2.24) is 14.6 Å². The second-order valence-electron chi connectivity index (χ2n) is 7.08. The molecule has 3 nitrogen and oxygen atoms in total. The van der Waals surface area contributed by atoms with Crippen LogP contribution in [0.5, 0.6) is 0 Å². The van der Waals surface area contributed by atoms with E-state index >= 15 is 0 Å². The third kappa shape index (κ3) is 3.20. The van der Waals surface area contributed by atoms with E-state index in [9.17, 15) is 0 Å². The van der Waals surface area contributed by atoms with Crippen molar-refractivity contribution in [1.29, 1.82) is 0 Å². The second kappa shape index (κ2) is 6.99. The molecule has 25 heavy (non-hydrogen) atoms. The van der Waals surface area contributed by atoms with Crippen LogP contribution in [0.15, 0.2) is 12.1 Å². The average molecular weight is 334 g/mol. The molecule has 2 aromatic heterocycles. The summed E-state index contributed by atoms with van der Waals surface area (Å²) >= 11 is 0. The van der Waals surface area contributed by atoms with Crippen molar-refractivity contribution in [3.63, 3.8) is 0 Å². The van der Waals surface area contributed by atoms with Gasteiger partial charge in [-0.2, -0.15) is 5.10 Å². The van der Waals surface area contributed by atoms with Gasteiger partial charge in [-0.25, -0.2) is 9.50 Å². The highest BCUT2D eigenvalue weighted by Gasteiger charge is 2.20. The van der Waals surface area contributed by atoms with Crippen molar-refractivity contribution < 1.29 is 0 Å². The van der Waals surface area contributed by atoms with Gasteiger partial charge in [0.25, 0.3) is 0 Å². The summed E-state index contributed by atoms with van der Waals surface area (Å²) in [5, 5.41) is 4.88. The molecule has 1 aromatic carbocycles. The minimum Gasteiger partial charge on any atom is -0.233 e. The first-order valence-electron chi connectivity index (χ1n) is 9.34. The summed E-state index contributed by atoms with van der Waals surface area (Å²) < 4.78 is 1.88. The maximum atomic E-state index is 4.93. The molecule has 3 aromatic rings. The molecule has 3 heteroatoms. The minimum atomic E-state index is 0.927. The first-order chi connectivity index (χ1) is 12.0. The molecule has 0 bridgehead atoms. The van der Waals surface area contributed by atoms with Gasteiger partial charge < -0.3 is 0 Å². The van der Waals surface area contributed by atoms with Gasteiger partial charge in [0, 0.05) is 11.3 Å². The second-order valence-corrected chi connectivity index (χ2v) is 7.08. The van der Waals surface area contributed by atoms with E-state index < -0.39 is 0 Å². The number of benzene rings is 1. The van der Waals surface area contributed by atoms with Crippen LogP contribution >= 0.6 is 0 Å². The number of hydrogen-bond donors (Lipinski definition) is 0. The molecule has 0 fully saturated rings. The Morgan fingerprint density at radius 1 is 1.00 bits per heavy atom. The van der Waals surface area contributed by atoms with E-state index in [2.05, 4.69) is 59.9 Å². The molecular weight excluding hydrogens is 306 g/mol. The standard InChI is InChI=1S/C22H28N3/c1-7-9-10-19-21(20-15(4)11-14(3)12-16(20)5)22-23-17(6)18(8-2)13-25(22)24-19/h11-12H,7-10H2,1-6H3. The number of nitrogens with zero attached hydrogens (tertiary/aromatic N) is 3. The van der Waals surface area contributed by atoms with Crippen LogP contribution in [0, 0.1) is 33.9 Å². The molecule has 131 valence electrons. The van der Waals surface area contributed by atoms with Gasteiger partial charge in [0.1, 0.15) is 0 Å². The highest BCUT2D eigenvalue weighted by molar-refractivity contribution is 5.84. The highest BCUT2D eigenvalue weighted by atomic mass is 15.3. The Bertz CT molecular complexity index is 896. The molecule has 0 aliphatic rings. The third-order valence-corrected chi connectivity index (χ3v) is 4.93. The van der Waals surface area contributed by atoms with Crippen molar-refractivity contribution in [2.75, 3.05) is 0 Å². The van der Waals surface area contributed by atoms with Crippen LogP contribution in [-0.2, 0) is 12.8 Å². The van der Waals surface area contributed by atoms with Gasteiger partial charge in [0.2, 0.25) is 0 Å². The van der Waals surface area contributed by atoms with Crippen molar-refractivity contribution in [2.24, 2.45) is 0 Å². The molecule has 0 saturated carbocycles. The van der Waals surface area contributed by atoms with Crippen LogP contribution < -0.4 is 0 Å². The van der Waals surface area contributed by atoms with Crippen LogP contribution in [0.4, 0.5) is 0 Å². The molecule has 0 unspecified atom stereocenters. The lowest BCUT2D eigenvalue weighted by Crippen LogP contribution is -1.99. The number of aryl methyl sites for hydroxylation is 6. The summed E-state index contributed by atoms with van der Waals surface area (Å²) in [6.07, 6.45) is 7.66. The van der Waals surface area contributed by atoms with Crippen LogP contribution in [0.25, 0.3) is 16.8 Å². The van der Waals surface area contributed by atoms with E-state index in [0.717, 1.165) is 48.3 Å². The minimum absolute atomic E-state index is 0.927. The molecular formula is C22H28N3. The molecule has 0 atom stereocenters. The van der Waals surface area contributed by atoms with Crippen LogP contribution in [0.1, 0.15) is 60.3 Å². The fourth-order valence-corrected chi connectivity index (χ4v) is 3.75. The Kier molecular flexibility index (Phi) is 4.94. The zero-order valence-electron chi connectivity index (χ0n) is 16.3. The predicted octanol–water partition coefficient (Wildman–Crippen LogP) is 5.34. The molecule has 0 aliphatic carbocycles. The molecule has 3 rings (SSSR count). The van der Waals surface area contributed by atoms with Crippen LogP contribution in [0.3, 0.4) is 0 Å². The maximum absolute atomic E-state index is 4.93. The molecule has 0 saturated heterocycles. The Morgan fingerprint density at radius 3 is 2.28 bits per heavy atom.